The van der Waals surface area contributed by atoms with E-state index in [1.165, 1.54) is 100 Å². The number of piperidine rings is 1. The minimum Gasteiger partial charge on any atom is -0.393 e. The summed E-state index contributed by atoms with van der Waals surface area (Å²) in [6.07, 6.45) is 12.8. The number of hydrogen-bond donors (Lipinski definition) is 1. The highest BCUT2D eigenvalue weighted by Crippen LogP contribution is 2.47. The summed E-state index contributed by atoms with van der Waals surface area (Å²) in [5.74, 6) is 2.66. The van der Waals surface area contributed by atoms with Gasteiger partial charge in [0.1, 0.15) is 0 Å². The molecule has 4 heteroatoms. The first-order valence-electron chi connectivity index (χ1n) is 15.8. The lowest BCUT2D eigenvalue weighted by Gasteiger charge is -2.44. The van der Waals surface area contributed by atoms with Gasteiger partial charge in [0, 0.05) is 37.7 Å². The van der Waals surface area contributed by atoms with Gasteiger partial charge in [0.05, 0.1) is 6.10 Å². The Morgan fingerprint density at radius 2 is 1.08 bits per heavy atom. The highest BCUT2D eigenvalue weighted by atomic mass is 32.2. The average molecular weight is 549 g/mol. The normalized spacial score (nSPS) is 23.3. The van der Waals surface area contributed by atoms with Crippen LogP contribution in [-0.2, 0) is 10.8 Å². The topological polar surface area (TPSA) is 26.7 Å². The van der Waals surface area contributed by atoms with Gasteiger partial charge in [0.15, 0.2) is 0 Å². The van der Waals surface area contributed by atoms with E-state index < -0.39 is 0 Å². The Morgan fingerprint density at radius 3 is 1.46 bits per heavy atom. The summed E-state index contributed by atoms with van der Waals surface area (Å²) in [6.45, 7) is 11.6. The van der Waals surface area contributed by atoms with Crippen molar-refractivity contribution >= 4 is 11.8 Å². The Hall–Kier alpha value is -1.33. The SMILES string of the molecule is Cc1ccc(C2(CCN3CCC(O)CC3)CCC2)cc1.Cc1ccc(C2(CCN3CCSCC3)CCC2)cc1. The quantitative estimate of drug-likeness (QED) is 0.380. The van der Waals surface area contributed by atoms with Gasteiger partial charge in [-0.25, -0.2) is 0 Å². The zero-order valence-corrected chi connectivity index (χ0v) is 25.5. The molecule has 0 amide bonds. The summed E-state index contributed by atoms with van der Waals surface area (Å²) in [5, 5.41) is 9.59. The fourth-order valence-electron chi connectivity index (χ4n) is 7.10. The molecule has 0 radical (unpaired) electrons. The summed E-state index contributed by atoms with van der Waals surface area (Å²) in [4.78, 5) is 5.21. The maximum atomic E-state index is 9.59. The van der Waals surface area contributed by atoms with Crippen LogP contribution in [0.3, 0.4) is 0 Å². The minimum absolute atomic E-state index is 0.0546. The lowest BCUT2D eigenvalue weighted by atomic mass is 9.62. The maximum Gasteiger partial charge on any atom is 0.0564 e. The second-order valence-electron chi connectivity index (χ2n) is 13.0. The van der Waals surface area contributed by atoms with Gasteiger partial charge in [0.2, 0.25) is 0 Å². The Kier molecular flexibility index (Phi) is 10.1. The summed E-state index contributed by atoms with van der Waals surface area (Å²) in [5.41, 5.74) is 6.84. The third-order valence-corrected chi connectivity index (χ3v) is 11.4. The molecule has 0 spiro atoms. The molecule has 0 bridgehead atoms. The van der Waals surface area contributed by atoms with Gasteiger partial charge in [-0.2, -0.15) is 11.8 Å². The van der Waals surface area contributed by atoms with E-state index in [1.807, 2.05) is 0 Å². The van der Waals surface area contributed by atoms with Crippen LogP contribution < -0.4 is 0 Å². The van der Waals surface area contributed by atoms with Crippen molar-refractivity contribution in [2.24, 2.45) is 0 Å². The predicted octanol–water partition coefficient (Wildman–Crippen LogP) is 7.12. The van der Waals surface area contributed by atoms with Crippen LogP contribution in [0.1, 0.15) is 86.5 Å². The Bertz CT molecular complexity index is 998. The first-order valence-corrected chi connectivity index (χ1v) is 17.0. The van der Waals surface area contributed by atoms with E-state index >= 15 is 0 Å². The molecule has 2 saturated carbocycles. The van der Waals surface area contributed by atoms with E-state index in [9.17, 15) is 5.11 Å². The lowest BCUT2D eigenvalue weighted by molar-refractivity contribution is 0.0736. The molecule has 2 aliphatic heterocycles. The fourth-order valence-corrected chi connectivity index (χ4v) is 8.08. The van der Waals surface area contributed by atoms with Crippen molar-refractivity contribution in [1.82, 2.24) is 9.80 Å². The lowest BCUT2D eigenvalue weighted by Crippen LogP contribution is -2.41. The Morgan fingerprint density at radius 1 is 0.667 bits per heavy atom. The highest BCUT2D eigenvalue weighted by Gasteiger charge is 2.39. The van der Waals surface area contributed by atoms with Gasteiger partial charge in [0.25, 0.3) is 0 Å². The van der Waals surface area contributed by atoms with Crippen LogP contribution in [-0.4, -0.2) is 71.8 Å². The van der Waals surface area contributed by atoms with E-state index in [1.54, 1.807) is 11.1 Å². The number of hydrogen-bond acceptors (Lipinski definition) is 4. The number of thioether (sulfide) groups is 1. The zero-order valence-electron chi connectivity index (χ0n) is 24.7. The van der Waals surface area contributed by atoms with E-state index in [-0.39, 0.29) is 6.10 Å². The minimum atomic E-state index is -0.0546. The molecule has 0 atom stereocenters. The Labute approximate surface area is 242 Å². The predicted molar refractivity (Wildman–Crippen MR) is 168 cm³/mol. The summed E-state index contributed by atoms with van der Waals surface area (Å²) < 4.78 is 0. The molecule has 2 heterocycles. The number of aliphatic hydroxyl groups excluding tert-OH is 1. The van der Waals surface area contributed by atoms with Crippen LogP contribution in [0, 0.1) is 13.8 Å². The zero-order chi connectivity index (χ0) is 27.1. The summed E-state index contributed by atoms with van der Waals surface area (Å²) >= 11 is 2.11. The monoisotopic (exact) mass is 548 g/mol. The molecule has 4 fully saturated rings. The van der Waals surface area contributed by atoms with Crippen LogP contribution >= 0.6 is 11.8 Å². The molecule has 6 rings (SSSR count). The second kappa shape index (κ2) is 13.6. The highest BCUT2D eigenvalue weighted by molar-refractivity contribution is 7.99. The van der Waals surface area contributed by atoms with Crippen LogP contribution in [0.2, 0.25) is 0 Å². The van der Waals surface area contributed by atoms with Crippen molar-refractivity contribution in [3.05, 3.63) is 70.8 Å². The van der Waals surface area contributed by atoms with Gasteiger partial charge in [-0.15, -0.1) is 0 Å². The first-order chi connectivity index (χ1) is 19.0. The molecular weight excluding hydrogens is 496 g/mol. The molecule has 214 valence electrons. The van der Waals surface area contributed by atoms with E-state index in [2.05, 4.69) is 83.9 Å². The molecule has 1 N–H and O–H groups in total. The van der Waals surface area contributed by atoms with Crippen molar-refractivity contribution < 1.29 is 5.11 Å². The number of likely N-dealkylation sites (tertiary alicyclic amines) is 1. The third kappa shape index (κ3) is 7.50. The largest absolute Gasteiger partial charge is 0.393 e. The van der Waals surface area contributed by atoms with Crippen LogP contribution in [0.4, 0.5) is 0 Å². The molecule has 3 nitrogen and oxygen atoms in total. The number of nitrogens with zero attached hydrogens (tertiary/aromatic N) is 2. The Balaban J connectivity index is 0.000000158. The molecule has 2 aromatic carbocycles. The van der Waals surface area contributed by atoms with Gasteiger partial charge in [-0.05, 0) is 100 Å². The maximum absolute atomic E-state index is 9.59. The van der Waals surface area contributed by atoms with Gasteiger partial charge < -0.3 is 14.9 Å². The van der Waals surface area contributed by atoms with Gasteiger partial charge in [-0.1, -0.05) is 72.5 Å². The number of benzene rings is 2. The molecule has 4 aliphatic rings. The van der Waals surface area contributed by atoms with Crippen molar-refractivity contribution in [3.8, 4) is 0 Å². The first kappa shape index (κ1) is 29.2. The fraction of sp³-hybridized carbons (Fsp3) is 0.657. The summed E-state index contributed by atoms with van der Waals surface area (Å²) in [7, 11) is 0. The molecule has 0 aromatic heterocycles. The van der Waals surface area contributed by atoms with E-state index in [0.717, 1.165) is 25.9 Å². The molecule has 39 heavy (non-hydrogen) atoms. The molecular formula is C35H52N2OS. The van der Waals surface area contributed by atoms with Crippen molar-refractivity contribution in [2.45, 2.75) is 95.0 Å². The van der Waals surface area contributed by atoms with Crippen molar-refractivity contribution in [3.63, 3.8) is 0 Å². The molecule has 0 unspecified atom stereocenters. The van der Waals surface area contributed by atoms with E-state index in [4.69, 9.17) is 0 Å². The summed E-state index contributed by atoms with van der Waals surface area (Å²) in [6, 6.07) is 18.5. The van der Waals surface area contributed by atoms with Crippen LogP contribution in [0.15, 0.2) is 48.5 Å². The third-order valence-electron chi connectivity index (χ3n) is 10.4. The number of aliphatic hydroxyl groups is 1. The molecule has 2 saturated heterocycles. The van der Waals surface area contributed by atoms with E-state index in [0.29, 0.717) is 10.8 Å². The number of aryl methyl sites for hydroxylation is 2. The second-order valence-corrected chi connectivity index (χ2v) is 14.3. The van der Waals surface area contributed by atoms with Crippen LogP contribution in [0.25, 0.3) is 0 Å². The van der Waals surface area contributed by atoms with Gasteiger partial charge >= 0.3 is 0 Å². The van der Waals surface area contributed by atoms with Crippen LogP contribution in [0.5, 0.6) is 0 Å². The molecule has 2 aromatic rings. The smallest absolute Gasteiger partial charge is 0.0564 e. The average Bonchev–Trinajstić information content (AvgIpc) is 2.91. The van der Waals surface area contributed by atoms with Gasteiger partial charge in [-0.3, -0.25) is 0 Å². The van der Waals surface area contributed by atoms with Crippen molar-refractivity contribution in [2.75, 3.05) is 50.8 Å². The molecule has 2 aliphatic carbocycles. The standard InChI is InChI=1S/C18H27NO.C17H25NS/c1-15-3-5-16(6-4-15)18(9-2-10-18)11-14-19-12-7-17(20)8-13-19;1-15-3-5-16(6-4-15)17(7-2-8-17)9-10-18-11-13-19-14-12-18/h3-6,17,20H,2,7-14H2,1H3;3-6H,2,7-14H2,1H3. The van der Waals surface area contributed by atoms with Crippen molar-refractivity contribution in [1.29, 1.82) is 0 Å². The number of rotatable bonds is 8.